The molecule has 2 saturated heterocycles. The smallest absolute Gasteiger partial charge is 0.267 e. The first-order chi connectivity index (χ1) is 22.7. The highest BCUT2D eigenvalue weighted by Gasteiger charge is 2.30. The van der Waals surface area contributed by atoms with Gasteiger partial charge in [0.25, 0.3) is 5.91 Å². The second-order valence-corrected chi connectivity index (χ2v) is 12.4. The average Bonchev–Trinajstić information content (AvgIpc) is 3.54. The molecule has 3 aromatic heterocycles. The van der Waals surface area contributed by atoms with Gasteiger partial charge >= 0.3 is 0 Å². The van der Waals surface area contributed by atoms with Crippen molar-refractivity contribution in [2.75, 3.05) is 66.6 Å². The minimum absolute atomic E-state index is 0.0980. The first kappa shape index (κ1) is 32.2. The van der Waals surface area contributed by atoms with Gasteiger partial charge in [0.15, 0.2) is 22.5 Å². The maximum atomic E-state index is 13.3. The molecule has 0 spiro atoms. The highest BCUT2D eigenvalue weighted by atomic mass is 35.5. The minimum Gasteiger partial charge on any atom is -0.459 e. The number of nitrogens with zero attached hydrogens (tertiary/aromatic N) is 6. The highest BCUT2D eigenvalue weighted by Crippen LogP contribution is 2.37. The number of hydrogen-bond acceptors (Lipinski definition) is 11. The molecule has 1 aromatic carbocycles. The fourth-order valence-electron chi connectivity index (χ4n) is 5.36. The summed E-state index contributed by atoms with van der Waals surface area (Å²) in [6, 6.07) is 10.6. The predicted molar refractivity (Wildman–Crippen MR) is 181 cm³/mol. The van der Waals surface area contributed by atoms with Crippen molar-refractivity contribution in [3.63, 3.8) is 0 Å². The van der Waals surface area contributed by atoms with Crippen LogP contribution < -0.4 is 25.2 Å². The van der Waals surface area contributed by atoms with E-state index in [1.54, 1.807) is 35.4 Å². The van der Waals surface area contributed by atoms with Crippen LogP contribution in [-0.2, 0) is 4.79 Å². The van der Waals surface area contributed by atoms with E-state index in [4.69, 9.17) is 26.3 Å². The molecule has 0 bridgehead atoms. The third-order valence-electron chi connectivity index (χ3n) is 7.90. The Labute approximate surface area is 279 Å². The van der Waals surface area contributed by atoms with Gasteiger partial charge in [-0.1, -0.05) is 41.6 Å². The van der Waals surface area contributed by atoms with Crippen LogP contribution in [0.5, 0.6) is 5.75 Å². The summed E-state index contributed by atoms with van der Waals surface area (Å²) in [5, 5.41) is 16.7. The average molecular weight is 679 g/mol. The molecule has 0 unspecified atom stereocenters. The summed E-state index contributed by atoms with van der Waals surface area (Å²) in [5.74, 6) is 0.641. The van der Waals surface area contributed by atoms with E-state index in [1.807, 2.05) is 24.0 Å². The van der Waals surface area contributed by atoms with Crippen LogP contribution in [0.25, 0.3) is 11.3 Å². The number of alkyl halides is 1. The number of hydrogen-bond donors (Lipinski definition) is 3. The fraction of sp³-hybridized carbons (Fsp3) is 0.281. The lowest BCUT2D eigenvalue weighted by molar-refractivity contribution is -0.126. The van der Waals surface area contributed by atoms with Gasteiger partial charge in [-0.15, -0.1) is 0 Å². The number of rotatable bonds is 10. The van der Waals surface area contributed by atoms with Crippen LogP contribution in [-0.4, -0.2) is 89.0 Å². The molecule has 244 valence electrons. The van der Waals surface area contributed by atoms with E-state index in [1.165, 1.54) is 12.3 Å². The van der Waals surface area contributed by atoms with E-state index in [0.29, 0.717) is 71.2 Å². The fourth-order valence-corrected chi connectivity index (χ4v) is 6.34. The Bertz CT molecular complexity index is 1790. The Balaban J connectivity index is 1.24. The van der Waals surface area contributed by atoms with Crippen molar-refractivity contribution in [1.82, 2.24) is 19.9 Å². The molecule has 6 rings (SSSR count). The third-order valence-corrected chi connectivity index (χ3v) is 9.12. The lowest BCUT2D eigenvalue weighted by Crippen LogP contribution is -2.52. The number of benzene rings is 1. The van der Waals surface area contributed by atoms with Crippen molar-refractivity contribution < 1.29 is 23.8 Å². The van der Waals surface area contributed by atoms with Crippen LogP contribution in [0, 0.1) is 6.92 Å². The topological polar surface area (TPSA) is 136 Å². The van der Waals surface area contributed by atoms with Crippen LogP contribution in [0.3, 0.4) is 0 Å². The number of carbonyl (C=O) groups is 2. The number of aryl methyl sites for hydroxylation is 1. The summed E-state index contributed by atoms with van der Waals surface area (Å²) in [6.45, 7) is 7.58. The first-order valence-electron chi connectivity index (χ1n) is 14.8. The Morgan fingerprint density at radius 1 is 1.15 bits per heavy atom. The zero-order valence-corrected chi connectivity index (χ0v) is 27.0. The van der Waals surface area contributed by atoms with Gasteiger partial charge in [0, 0.05) is 51.0 Å². The van der Waals surface area contributed by atoms with Crippen molar-refractivity contribution in [3.8, 4) is 17.0 Å². The Hall–Kier alpha value is -4.79. The van der Waals surface area contributed by atoms with Crippen LogP contribution >= 0.6 is 22.9 Å². The van der Waals surface area contributed by atoms with Gasteiger partial charge in [-0.05, 0) is 42.8 Å². The lowest BCUT2D eigenvalue weighted by Gasteiger charge is -2.42. The second-order valence-electron chi connectivity index (χ2n) is 11.0. The van der Waals surface area contributed by atoms with Crippen LogP contribution in [0.2, 0.25) is 5.02 Å². The van der Waals surface area contributed by atoms with Gasteiger partial charge in [0.2, 0.25) is 12.8 Å². The van der Waals surface area contributed by atoms with Gasteiger partial charge in [-0.3, -0.25) is 9.59 Å². The summed E-state index contributed by atoms with van der Waals surface area (Å²) in [7, 11) is 0. The lowest BCUT2D eigenvalue weighted by atomic mass is 10.1. The Morgan fingerprint density at radius 2 is 1.94 bits per heavy atom. The number of thiazole rings is 1. The molecule has 0 saturated carbocycles. The molecular formula is C32H32ClFN8O4S. The maximum Gasteiger partial charge on any atom is 0.267 e. The summed E-state index contributed by atoms with van der Waals surface area (Å²) in [6.07, 6.45) is 4.03. The number of para-hydroxylation sites is 1. The molecule has 0 atom stereocenters. The number of halogens is 2. The number of aromatic nitrogens is 3. The number of ether oxygens (including phenoxy) is 1. The molecule has 2 aliphatic rings. The van der Waals surface area contributed by atoms with Gasteiger partial charge < -0.3 is 35.2 Å². The number of pyridine rings is 2. The molecule has 12 nitrogen and oxygen atoms in total. The number of nitrogens with one attached hydrogen (secondary N) is 2. The molecule has 0 radical (unpaired) electrons. The summed E-state index contributed by atoms with van der Waals surface area (Å²) < 4.78 is 18.5. The summed E-state index contributed by atoms with van der Waals surface area (Å²) >= 11 is 7.36. The molecule has 0 aliphatic carbocycles. The van der Waals surface area contributed by atoms with Gasteiger partial charge in [-0.25, -0.2) is 19.3 Å². The van der Waals surface area contributed by atoms with Crippen molar-refractivity contribution in [3.05, 3.63) is 76.9 Å². The van der Waals surface area contributed by atoms with E-state index in [2.05, 4.69) is 27.1 Å². The van der Waals surface area contributed by atoms with E-state index in [9.17, 15) is 19.1 Å². The number of amides is 2. The van der Waals surface area contributed by atoms with Gasteiger partial charge in [-0.2, -0.15) is 0 Å². The number of piperazine rings is 1. The number of aliphatic hydroxyl groups is 1. The summed E-state index contributed by atoms with van der Waals surface area (Å²) in [4.78, 5) is 45.1. The number of aliphatic hydroxyl groups excluding tert-OH is 1. The largest absolute Gasteiger partial charge is 0.459 e. The normalized spacial score (nSPS) is 14.9. The Morgan fingerprint density at radius 3 is 2.64 bits per heavy atom. The van der Waals surface area contributed by atoms with E-state index >= 15 is 0 Å². The zero-order chi connectivity index (χ0) is 33.1. The van der Waals surface area contributed by atoms with Crippen LogP contribution in [0.1, 0.15) is 15.2 Å². The third kappa shape index (κ3) is 6.99. The van der Waals surface area contributed by atoms with Crippen molar-refractivity contribution >= 4 is 62.9 Å². The molecule has 2 fully saturated rings. The monoisotopic (exact) mass is 678 g/mol. The number of anilines is 5. The molecule has 4 aromatic rings. The maximum absolute atomic E-state index is 13.3. The van der Waals surface area contributed by atoms with Crippen molar-refractivity contribution in [2.24, 2.45) is 0 Å². The quantitative estimate of drug-likeness (QED) is 0.199. The highest BCUT2D eigenvalue weighted by molar-refractivity contribution is 7.17. The molecule has 47 heavy (non-hydrogen) atoms. The molecule has 5 heterocycles. The van der Waals surface area contributed by atoms with Crippen LogP contribution in [0.4, 0.5) is 32.5 Å². The minimum atomic E-state index is -1.07. The van der Waals surface area contributed by atoms with E-state index < -0.39 is 13.0 Å². The van der Waals surface area contributed by atoms with Crippen LogP contribution in [0.15, 0.2) is 61.4 Å². The van der Waals surface area contributed by atoms with Gasteiger partial charge in [0.05, 0.1) is 34.4 Å². The molecular weight excluding hydrogens is 647 g/mol. The van der Waals surface area contributed by atoms with E-state index in [-0.39, 0.29) is 23.4 Å². The van der Waals surface area contributed by atoms with Crippen molar-refractivity contribution in [1.29, 1.82) is 0 Å². The van der Waals surface area contributed by atoms with Crippen molar-refractivity contribution in [2.45, 2.75) is 13.0 Å². The standard InChI is InChI=1S/C32H32ClFN8O4S/c1-3-27(44)40-9-11-41(12-10-40)30-24(42-16-21(43)17-42)13-20(14-35-30)23-7-8-25(46-18-34)29(37-23)39-32-36-15-26(47-32)31(45)38-28-19(2)5-4-6-22(28)33/h3-8,13-15,21,43H,1,9-12,16-18H2,2H3,(H,38,45)(H,36,37,39). The van der Waals surface area contributed by atoms with Gasteiger partial charge in [0.1, 0.15) is 4.88 Å². The second kappa shape index (κ2) is 13.9. The summed E-state index contributed by atoms with van der Waals surface area (Å²) in [5.41, 5.74) is 3.40. The zero-order valence-electron chi connectivity index (χ0n) is 25.4. The molecule has 15 heteroatoms. The number of carbonyl (C=O) groups excluding carboxylic acids is 2. The SMILES string of the molecule is C=CC(=O)N1CCN(c2ncc(-c3ccc(OCF)c(Nc4ncc(C(=O)Nc5c(C)cccc5Cl)s4)n3)cc2N2CC(O)C2)CC1. The molecule has 2 aliphatic heterocycles. The number of β-amino-alcohol motifs (C(OH)–C–C–N with tert-alkyl or cyclic N) is 1. The van der Waals surface area contributed by atoms with E-state index in [0.717, 1.165) is 28.4 Å². The Kier molecular flexibility index (Phi) is 9.52. The molecule has 3 N–H and O–H groups in total. The molecule has 2 amide bonds. The predicted octanol–water partition coefficient (Wildman–Crippen LogP) is 4.88. The first-order valence-corrected chi connectivity index (χ1v) is 16.0.